The van der Waals surface area contributed by atoms with Crippen molar-refractivity contribution in [2.45, 2.75) is 6.10 Å². The van der Waals surface area contributed by atoms with Gasteiger partial charge in [0.1, 0.15) is 5.75 Å². The third kappa shape index (κ3) is 5.84. The van der Waals surface area contributed by atoms with Crippen molar-refractivity contribution in [3.63, 3.8) is 0 Å². The molecule has 1 fully saturated rings. The summed E-state index contributed by atoms with van der Waals surface area (Å²) in [6, 6.07) is 3.50. The molecular formula is C15H22N4O4. The van der Waals surface area contributed by atoms with Crippen LogP contribution in [0.3, 0.4) is 0 Å². The normalized spacial score (nSPS) is 18.0. The van der Waals surface area contributed by atoms with Gasteiger partial charge in [-0.05, 0) is 19.2 Å². The van der Waals surface area contributed by atoms with E-state index in [-0.39, 0.29) is 31.1 Å². The van der Waals surface area contributed by atoms with Crippen LogP contribution in [0.1, 0.15) is 0 Å². The monoisotopic (exact) mass is 322 g/mol. The SMILES string of the molecule is CN(CC(N)=O)C[C@@H]1CN(C(=O)COc2cccnc2)CCO1. The van der Waals surface area contributed by atoms with Crippen LogP contribution in [-0.4, -0.2) is 79.1 Å². The first-order valence-electron chi connectivity index (χ1n) is 7.43. The van der Waals surface area contributed by atoms with Gasteiger partial charge in [0.15, 0.2) is 6.61 Å². The number of nitrogens with zero attached hydrogens (tertiary/aromatic N) is 3. The Hall–Kier alpha value is -2.19. The summed E-state index contributed by atoms with van der Waals surface area (Å²) in [7, 11) is 1.79. The van der Waals surface area contributed by atoms with E-state index in [1.807, 2.05) is 0 Å². The number of morpholine rings is 1. The zero-order valence-electron chi connectivity index (χ0n) is 13.2. The quantitative estimate of drug-likeness (QED) is 0.699. The zero-order valence-corrected chi connectivity index (χ0v) is 13.2. The van der Waals surface area contributed by atoms with Gasteiger partial charge in [-0.15, -0.1) is 0 Å². The van der Waals surface area contributed by atoms with Gasteiger partial charge >= 0.3 is 0 Å². The predicted octanol–water partition coefficient (Wildman–Crippen LogP) is -0.895. The maximum absolute atomic E-state index is 12.2. The van der Waals surface area contributed by atoms with Gasteiger partial charge in [-0.1, -0.05) is 0 Å². The number of amides is 2. The first-order chi connectivity index (χ1) is 11.0. The molecule has 1 aromatic heterocycles. The summed E-state index contributed by atoms with van der Waals surface area (Å²) in [6.45, 7) is 2.14. The Kier molecular flexibility index (Phi) is 6.30. The molecule has 1 aliphatic heterocycles. The van der Waals surface area contributed by atoms with Crippen LogP contribution in [0.25, 0.3) is 0 Å². The smallest absolute Gasteiger partial charge is 0.260 e. The van der Waals surface area contributed by atoms with Crippen molar-refractivity contribution in [2.75, 3.05) is 46.4 Å². The molecule has 0 aliphatic carbocycles. The summed E-state index contributed by atoms with van der Waals surface area (Å²) < 4.78 is 11.1. The fourth-order valence-corrected chi connectivity index (χ4v) is 2.40. The summed E-state index contributed by atoms with van der Waals surface area (Å²) in [5, 5.41) is 0. The number of likely N-dealkylation sites (N-methyl/N-ethyl adjacent to an activating group) is 1. The lowest BCUT2D eigenvalue weighted by molar-refractivity contribution is -0.141. The predicted molar refractivity (Wildman–Crippen MR) is 82.7 cm³/mol. The maximum Gasteiger partial charge on any atom is 0.260 e. The lowest BCUT2D eigenvalue weighted by Crippen LogP contribution is -2.51. The highest BCUT2D eigenvalue weighted by Gasteiger charge is 2.25. The van der Waals surface area contributed by atoms with Gasteiger partial charge in [0.05, 0.1) is 25.5 Å². The van der Waals surface area contributed by atoms with Crippen molar-refractivity contribution in [3.8, 4) is 5.75 Å². The number of ether oxygens (including phenoxy) is 2. The van der Waals surface area contributed by atoms with Crippen LogP contribution in [0.5, 0.6) is 5.75 Å². The van der Waals surface area contributed by atoms with E-state index in [4.69, 9.17) is 15.2 Å². The molecule has 1 saturated heterocycles. The van der Waals surface area contributed by atoms with Crippen LogP contribution in [0.15, 0.2) is 24.5 Å². The molecule has 0 bridgehead atoms. The van der Waals surface area contributed by atoms with E-state index < -0.39 is 0 Å². The van der Waals surface area contributed by atoms with Crippen LogP contribution >= 0.6 is 0 Å². The number of hydrogen-bond donors (Lipinski definition) is 1. The molecule has 1 atom stereocenters. The Bertz CT molecular complexity index is 525. The number of primary amides is 1. The topological polar surface area (TPSA) is 98.0 Å². The molecule has 1 aliphatic rings. The molecule has 126 valence electrons. The van der Waals surface area contributed by atoms with Crippen LogP contribution in [0.2, 0.25) is 0 Å². The third-order valence-electron chi connectivity index (χ3n) is 3.43. The minimum absolute atomic E-state index is 0.0322. The molecule has 0 radical (unpaired) electrons. The fraction of sp³-hybridized carbons (Fsp3) is 0.533. The van der Waals surface area contributed by atoms with E-state index in [9.17, 15) is 9.59 Å². The summed E-state index contributed by atoms with van der Waals surface area (Å²) in [5.74, 6) is 0.0765. The standard InChI is InChI=1S/C15H22N4O4/c1-18(10-14(16)20)8-13-9-19(5-6-22-13)15(21)11-23-12-3-2-4-17-7-12/h2-4,7,13H,5-6,8-11H2,1H3,(H2,16,20)/t13-/m1/s1. The van der Waals surface area contributed by atoms with Gasteiger partial charge in [0, 0.05) is 25.8 Å². The molecule has 0 aromatic carbocycles. The van der Waals surface area contributed by atoms with Gasteiger partial charge in [0.2, 0.25) is 5.91 Å². The lowest BCUT2D eigenvalue weighted by Gasteiger charge is -2.34. The molecule has 1 aromatic rings. The van der Waals surface area contributed by atoms with Crippen molar-refractivity contribution in [1.82, 2.24) is 14.8 Å². The number of hydrogen-bond acceptors (Lipinski definition) is 6. The summed E-state index contributed by atoms with van der Waals surface area (Å²) in [6.07, 6.45) is 3.06. The van der Waals surface area contributed by atoms with Crippen LogP contribution in [-0.2, 0) is 14.3 Å². The van der Waals surface area contributed by atoms with E-state index in [1.54, 1.807) is 41.4 Å². The van der Waals surface area contributed by atoms with Crippen molar-refractivity contribution in [2.24, 2.45) is 5.73 Å². The molecular weight excluding hydrogens is 300 g/mol. The van der Waals surface area contributed by atoms with Crippen molar-refractivity contribution < 1.29 is 19.1 Å². The highest BCUT2D eigenvalue weighted by Crippen LogP contribution is 2.09. The first-order valence-corrected chi connectivity index (χ1v) is 7.43. The number of carbonyl (C=O) groups is 2. The Morgan fingerprint density at radius 2 is 2.39 bits per heavy atom. The number of nitrogens with two attached hydrogens (primary N) is 1. The molecule has 8 nitrogen and oxygen atoms in total. The van der Waals surface area contributed by atoms with Gasteiger partial charge in [-0.25, -0.2) is 0 Å². The lowest BCUT2D eigenvalue weighted by atomic mass is 10.2. The molecule has 2 amide bonds. The summed E-state index contributed by atoms with van der Waals surface area (Å²) in [5.41, 5.74) is 5.16. The van der Waals surface area contributed by atoms with Gasteiger partial charge in [-0.2, -0.15) is 0 Å². The maximum atomic E-state index is 12.2. The van der Waals surface area contributed by atoms with E-state index in [0.717, 1.165) is 0 Å². The molecule has 0 spiro atoms. The van der Waals surface area contributed by atoms with Crippen LogP contribution in [0.4, 0.5) is 0 Å². The van der Waals surface area contributed by atoms with Gasteiger partial charge < -0.3 is 20.1 Å². The van der Waals surface area contributed by atoms with Crippen LogP contribution < -0.4 is 10.5 Å². The molecule has 2 N–H and O–H groups in total. The van der Waals surface area contributed by atoms with E-state index in [1.165, 1.54) is 0 Å². The molecule has 2 heterocycles. The number of carbonyl (C=O) groups excluding carboxylic acids is 2. The Labute approximate surface area is 135 Å². The number of pyridine rings is 1. The molecule has 23 heavy (non-hydrogen) atoms. The Morgan fingerprint density at radius 1 is 1.57 bits per heavy atom. The highest BCUT2D eigenvalue weighted by molar-refractivity contribution is 5.78. The minimum Gasteiger partial charge on any atom is -0.482 e. The van der Waals surface area contributed by atoms with Gasteiger partial charge in [-0.3, -0.25) is 19.5 Å². The average Bonchev–Trinajstić information content (AvgIpc) is 2.53. The van der Waals surface area contributed by atoms with Crippen molar-refractivity contribution in [3.05, 3.63) is 24.5 Å². The average molecular weight is 322 g/mol. The second-order valence-electron chi connectivity index (χ2n) is 5.47. The largest absolute Gasteiger partial charge is 0.482 e. The zero-order chi connectivity index (χ0) is 16.7. The van der Waals surface area contributed by atoms with E-state index in [2.05, 4.69) is 4.98 Å². The Morgan fingerprint density at radius 3 is 3.09 bits per heavy atom. The van der Waals surface area contributed by atoms with E-state index in [0.29, 0.717) is 32.0 Å². The minimum atomic E-state index is -0.388. The third-order valence-corrected chi connectivity index (χ3v) is 3.43. The van der Waals surface area contributed by atoms with Gasteiger partial charge in [0.25, 0.3) is 5.91 Å². The number of rotatable bonds is 7. The summed E-state index contributed by atoms with van der Waals surface area (Å²) in [4.78, 5) is 30.5. The second kappa shape index (κ2) is 8.44. The van der Waals surface area contributed by atoms with Crippen molar-refractivity contribution in [1.29, 1.82) is 0 Å². The van der Waals surface area contributed by atoms with Crippen LogP contribution in [0, 0.1) is 0 Å². The fourth-order valence-electron chi connectivity index (χ4n) is 2.40. The number of aromatic nitrogens is 1. The first kappa shape index (κ1) is 17.2. The molecule has 8 heteroatoms. The molecule has 0 saturated carbocycles. The van der Waals surface area contributed by atoms with E-state index >= 15 is 0 Å². The second-order valence-corrected chi connectivity index (χ2v) is 5.47. The Balaban J connectivity index is 1.78. The summed E-state index contributed by atoms with van der Waals surface area (Å²) >= 11 is 0. The highest BCUT2D eigenvalue weighted by atomic mass is 16.5. The molecule has 0 unspecified atom stereocenters. The molecule has 2 rings (SSSR count). The van der Waals surface area contributed by atoms with Crippen molar-refractivity contribution >= 4 is 11.8 Å².